The number of halogens is 2. The van der Waals surface area contributed by atoms with Gasteiger partial charge in [0.1, 0.15) is 5.82 Å². The molecule has 0 atom stereocenters. The standard InChI is InChI=1S/C21H27FN4O.HI/c1-5-23-21(25-14-17-7-6-15(2)19(22)12-17)24-13-16-8-10-18(11-9-16)20(27)26(3)4;/h6-12H,5,13-14H2,1-4H3,(H2,23,24,25);1H. The van der Waals surface area contributed by atoms with Crippen LogP contribution in [0.15, 0.2) is 47.5 Å². The van der Waals surface area contributed by atoms with Crippen LogP contribution in [0.3, 0.4) is 0 Å². The maximum Gasteiger partial charge on any atom is 0.253 e. The van der Waals surface area contributed by atoms with Crippen LogP contribution < -0.4 is 10.6 Å². The number of aliphatic imine (C=N–C) groups is 1. The molecule has 0 aromatic heterocycles. The van der Waals surface area contributed by atoms with Crippen LogP contribution in [-0.2, 0) is 13.1 Å². The highest BCUT2D eigenvalue weighted by Gasteiger charge is 2.07. The molecule has 2 aromatic rings. The van der Waals surface area contributed by atoms with Gasteiger partial charge >= 0.3 is 0 Å². The minimum Gasteiger partial charge on any atom is -0.357 e. The molecule has 152 valence electrons. The molecule has 0 aliphatic carbocycles. The first-order valence-electron chi connectivity index (χ1n) is 8.98. The molecule has 1 amide bonds. The molecule has 0 saturated carbocycles. The molecular formula is C21H28FIN4O. The topological polar surface area (TPSA) is 56.7 Å². The van der Waals surface area contributed by atoms with Crippen molar-refractivity contribution in [3.63, 3.8) is 0 Å². The normalized spacial score (nSPS) is 10.8. The van der Waals surface area contributed by atoms with Crippen LogP contribution in [0, 0.1) is 12.7 Å². The van der Waals surface area contributed by atoms with E-state index in [0.29, 0.717) is 30.2 Å². The summed E-state index contributed by atoms with van der Waals surface area (Å²) in [6, 6.07) is 12.6. The molecule has 2 rings (SSSR count). The maximum absolute atomic E-state index is 13.7. The molecule has 28 heavy (non-hydrogen) atoms. The minimum absolute atomic E-state index is 0. The predicted octanol–water partition coefficient (Wildman–Crippen LogP) is 3.71. The number of guanidine groups is 1. The number of rotatable bonds is 6. The van der Waals surface area contributed by atoms with Crippen molar-refractivity contribution in [3.05, 3.63) is 70.5 Å². The summed E-state index contributed by atoms with van der Waals surface area (Å²) in [6.07, 6.45) is 0. The number of nitrogens with zero attached hydrogens (tertiary/aromatic N) is 2. The summed E-state index contributed by atoms with van der Waals surface area (Å²) >= 11 is 0. The molecule has 0 spiro atoms. The van der Waals surface area contributed by atoms with Gasteiger partial charge in [-0.2, -0.15) is 0 Å². The Morgan fingerprint density at radius 3 is 2.29 bits per heavy atom. The van der Waals surface area contributed by atoms with Crippen molar-refractivity contribution in [1.82, 2.24) is 15.5 Å². The number of hydrogen-bond donors (Lipinski definition) is 2. The third-order valence-corrected chi connectivity index (χ3v) is 4.07. The predicted molar refractivity (Wildman–Crippen MR) is 123 cm³/mol. The van der Waals surface area contributed by atoms with Crippen molar-refractivity contribution >= 4 is 35.8 Å². The second-order valence-electron chi connectivity index (χ2n) is 6.53. The molecule has 0 bridgehead atoms. The number of carbonyl (C=O) groups excluding carboxylic acids is 1. The zero-order valence-corrected chi connectivity index (χ0v) is 19.1. The van der Waals surface area contributed by atoms with Crippen molar-refractivity contribution in [1.29, 1.82) is 0 Å². The lowest BCUT2D eigenvalue weighted by atomic mass is 10.1. The van der Waals surface area contributed by atoms with Gasteiger partial charge in [-0.1, -0.05) is 24.3 Å². The van der Waals surface area contributed by atoms with Gasteiger partial charge in [-0.3, -0.25) is 4.79 Å². The summed E-state index contributed by atoms with van der Waals surface area (Å²) in [7, 11) is 3.47. The van der Waals surface area contributed by atoms with E-state index in [-0.39, 0.29) is 35.7 Å². The maximum atomic E-state index is 13.7. The molecule has 2 N–H and O–H groups in total. The van der Waals surface area contributed by atoms with E-state index in [9.17, 15) is 9.18 Å². The lowest BCUT2D eigenvalue weighted by molar-refractivity contribution is 0.0827. The van der Waals surface area contributed by atoms with Gasteiger partial charge in [0, 0.05) is 32.7 Å². The lowest BCUT2D eigenvalue weighted by Crippen LogP contribution is -2.36. The zero-order chi connectivity index (χ0) is 19.8. The highest BCUT2D eigenvalue weighted by atomic mass is 127. The number of hydrogen-bond acceptors (Lipinski definition) is 2. The second-order valence-corrected chi connectivity index (χ2v) is 6.53. The van der Waals surface area contributed by atoms with Crippen LogP contribution in [-0.4, -0.2) is 37.4 Å². The third-order valence-electron chi connectivity index (χ3n) is 4.07. The van der Waals surface area contributed by atoms with Crippen molar-refractivity contribution in [2.24, 2.45) is 4.99 Å². The van der Waals surface area contributed by atoms with Crippen molar-refractivity contribution in [3.8, 4) is 0 Å². The molecular weight excluding hydrogens is 470 g/mol. The molecule has 2 aromatic carbocycles. The SMILES string of the molecule is CCNC(=NCc1ccc(C)c(F)c1)NCc1ccc(C(=O)N(C)C)cc1.I. The molecule has 7 heteroatoms. The first kappa shape index (κ1) is 23.9. The zero-order valence-electron chi connectivity index (χ0n) is 16.8. The van der Waals surface area contributed by atoms with Gasteiger partial charge in [-0.25, -0.2) is 9.38 Å². The van der Waals surface area contributed by atoms with E-state index in [2.05, 4.69) is 15.6 Å². The smallest absolute Gasteiger partial charge is 0.253 e. The van der Waals surface area contributed by atoms with Crippen LogP contribution in [0.5, 0.6) is 0 Å². The lowest BCUT2D eigenvalue weighted by Gasteiger charge is -2.13. The molecule has 0 aliphatic heterocycles. The molecule has 0 fully saturated rings. The number of aryl methyl sites for hydroxylation is 1. The Morgan fingerprint density at radius 2 is 1.71 bits per heavy atom. The van der Waals surface area contributed by atoms with Gasteiger partial charge in [0.05, 0.1) is 6.54 Å². The summed E-state index contributed by atoms with van der Waals surface area (Å²) in [5.41, 5.74) is 3.15. The van der Waals surface area contributed by atoms with Crippen LogP contribution >= 0.6 is 24.0 Å². The van der Waals surface area contributed by atoms with E-state index in [1.165, 1.54) is 6.07 Å². The summed E-state index contributed by atoms with van der Waals surface area (Å²) < 4.78 is 13.7. The van der Waals surface area contributed by atoms with Gasteiger partial charge in [-0.15, -0.1) is 24.0 Å². The van der Waals surface area contributed by atoms with Gasteiger partial charge in [0.25, 0.3) is 5.91 Å². The van der Waals surface area contributed by atoms with E-state index in [4.69, 9.17) is 0 Å². The van der Waals surface area contributed by atoms with Crippen molar-refractivity contribution in [2.45, 2.75) is 26.9 Å². The summed E-state index contributed by atoms with van der Waals surface area (Å²) in [5.74, 6) is 0.426. The Kier molecular flexibility index (Phi) is 9.92. The Morgan fingerprint density at radius 1 is 1.07 bits per heavy atom. The number of benzene rings is 2. The van der Waals surface area contributed by atoms with Crippen molar-refractivity contribution < 1.29 is 9.18 Å². The van der Waals surface area contributed by atoms with Gasteiger partial charge < -0.3 is 15.5 Å². The minimum atomic E-state index is -0.215. The van der Waals surface area contributed by atoms with E-state index in [0.717, 1.165) is 17.7 Å². The molecule has 0 saturated heterocycles. The first-order chi connectivity index (χ1) is 12.9. The van der Waals surface area contributed by atoms with Gasteiger partial charge in [-0.05, 0) is 48.7 Å². The molecule has 0 radical (unpaired) electrons. The number of amides is 1. The van der Waals surface area contributed by atoms with E-state index < -0.39 is 0 Å². The highest BCUT2D eigenvalue weighted by Crippen LogP contribution is 2.10. The van der Waals surface area contributed by atoms with Crippen LogP contribution in [0.25, 0.3) is 0 Å². The Bertz CT molecular complexity index is 807. The monoisotopic (exact) mass is 498 g/mol. The second kappa shape index (κ2) is 11.6. The summed E-state index contributed by atoms with van der Waals surface area (Å²) in [4.78, 5) is 18.0. The fourth-order valence-corrected chi connectivity index (χ4v) is 2.46. The molecule has 0 unspecified atom stereocenters. The first-order valence-corrected chi connectivity index (χ1v) is 8.98. The summed E-state index contributed by atoms with van der Waals surface area (Å²) in [6.45, 7) is 5.42. The average Bonchev–Trinajstić information content (AvgIpc) is 2.66. The third kappa shape index (κ3) is 7.10. The van der Waals surface area contributed by atoms with Gasteiger partial charge in [0.2, 0.25) is 0 Å². The summed E-state index contributed by atoms with van der Waals surface area (Å²) in [5, 5.41) is 6.43. The highest BCUT2D eigenvalue weighted by molar-refractivity contribution is 14.0. The quantitative estimate of drug-likeness (QED) is 0.363. The average molecular weight is 498 g/mol. The molecule has 0 heterocycles. The number of carbonyl (C=O) groups is 1. The van der Waals surface area contributed by atoms with E-state index >= 15 is 0 Å². The largest absolute Gasteiger partial charge is 0.357 e. The van der Waals surface area contributed by atoms with Gasteiger partial charge in [0.15, 0.2) is 5.96 Å². The Hall–Kier alpha value is -2.16. The van der Waals surface area contributed by atoms with Crippen LogP contribution in [0.2, 0.25) is 0 Å². The Labute approximate surface area is 183 Å². The van der Waals surface area contributed by atoms with Crippen LogP contribution in [0.1, 0.15) is 34.0 Å². The van der Waals surface area contributed by atoms with Crippen molar-refractivity contribution in [2.75, 3.05) is 20.6 Å². The molecule has 0 aliphatic rings. The molecule has 5 nitrogen and oxygen atoms in total. The van der Waals surface area contributed by atoms with E-state index in [1.807, 2.05) is 37.3 Å². The van der Waals surface area contributed by atoms with Crippen LogP contribution in [0.4, 0.5) is 4.39 Å². The van der Waals surface area contributed by atoms with E-state index in [1.54, 1.807) is 32.0 Å². The number of nitrogens with one attached hydrogen (secondary N) is 2. The Balaban J connectivity index is 0.00000392. The fraction of sp³-hybridized carbons (Fsp3) is 0.333. The fourth-order valence-electron chi connectivity index (χ4n) is 2.46.